The molecule has 4 heteroatoms. The van der Waals surface area contributed by atoms with Crippen LogP contribution in [-0.4, -0.2) is 59.6 Å². The number of carboxylic acids is 1. The van der Waals surface area contributed by atoms with Gasteiger partial charge < -0.3 is 10.0 Å². The molecule has 88 valence electrons. The third kappa shape index (κ3) is 4.18. The topological polar surface area (TPSA) is 43.8 Å². The number of nitrogens with zero attached hydrogens (tertiary/aromatic N) is 2. The lowest BCUT2D eigenvalue weighted by atomic mass is 10.1. The Morgan fingerprint density at radius 1 is 1.33 bits per heavy atom. The van der Waals surface area contributed by atoms with Gasteiger partial charge in [-0.3, -0.25) is 9.69 Å². The number of piperazine rings is 1. The number of aliphatic carboxylic acids is 1. The number of carbonyl (C=O) groups is 1. The van der Waals surface area contributed by atoms with Gasteiger partial charge in [0.25, 0.3) is 0 Å². The van der Waals surface area contributed by atoms with Crippen molar-refractivity contribution >= 4 is 5.97 Å². The van der Waals surface area contributed by atoms with E-state index in [9.17, 15) is 4.79 Å². The van der Waals surface area contributed by atoms with Crippen molar-refractivity contribution in [1.82, 2.24) is 9.80 Å². The normalized spacial score (nSPS) is 21.5. The summed E-state index contributed by atoms with van der Waals surface area (Å²) < 4.78 is 0. The van der Waals surface area contributed by atoms with Crippen molar-refractivity contribution < 1.29 is 9.90 Å². The Bertz CT molecular complexity index is 201. The van der Waals surface area contributed by atoms with E-state index in [-0.39, 0.29) is 12.5 Å². The molecule has 0 aliphatic carbocycles. The molecular formula is C11H22N2O2. The number of hydrogen-bond donors (Lipinski definition) is 1. The number of rotatable bonds is 5. The first kappa shape index (κ1) is 12.5. The van der Waals surface area contributed by atoms with Crippen molar-refractivity contribution in [3.63, 3.8) is 0 Å². The minimum atomic E-state index is -0.696. The van der Waals surface area contributed by atoms with Crippen LogP contribution in [0.2, 0.25) is 0 Å². The zero-order valence-electron chi connectivity index (χ0n) is 9.78. The third-order valence-electron chi connectivity index (χ3n) is 3.04. The van der Waals surface area contributed by atoms with Crippen LogP contribution in [-0.2, 0) is 4.79 Å². The Hall–Kier alpha value is -0.610. The molecule has 1 heterocycles. The van der Waals surface area contributed by atoms with Gasteiger partial charge in [0.2, 0.25) is 0 Å². The van der Waals surface area contributed by atoms with Crippen molar-refractivity contribution in [3.8, 4) is 0 Å². The fraction of sp³-hybridized carbons (Fsp3) is 0.909. The minimum absolute atomic E-state index is 0.172. The average molecular weight is 214 g/mol. The summed E-state index contributed by atoms with van der Waals surface area (Å²) in [7, 11) is 0. The molecule has 0 aromatic carbocycles. The lowest BCUT2D eigenvalue weighted by molar-refractivity contribution is -0.138. The van der Waals surface area contributed by atoms with E-state index in [1.165, 1.54) is 13.0 Å². The largest absolute Gasteiger partial charge is 0.481 e. The fourth-order valence-corrected chi connectivity index (χ4v) is 2.13. The van der Waals surface area contributed by atoms with E-state index in [2.05, 4.69) is 16.7 Å². The summed E-state index contributed by atoms with van der Waals surface area (Å²) in [6, 6.07) is 0.172. The second-order valence-electron chi connectivity index (χ2n) is 4.32. The van der Waals surface area contributed by atoms with Crippen LogP contribution in [0.3, 0.4) is 0 Å². The lowest BCUT2D eigenvalue weighted by Crippen LogP contribution is -2.50. The van der Waals surface area contributed by atoms with Gasteiger partial charge in [0.1, 0.15) is 0 Å². The molecule has 0 bridgehead atoms. The van der Waals surface area contributed by atoms with Crippen LogP contribution in [0.5, 0.6) is 0 Å². The monoisotopic (exact) mass is 214 g/mol. The highest BCUT2D eigenvalue weighted by Gasteiger charge is 2.21. The number of hydrogen-bond acceptors (Lipinski definition) is 3. The molecule has 1 unspecified atom stereocenters. The van der Waals surface area contributed by atoms with Crippen LogP contribution in [0.15, 0.2) is 0 Å². The first-order valence-electron chi connectivity index (χ1n) is 5.81. The van der Waals surface area contributed by atoms with Crippen LogP contribution in [0.25, 0.3) is 0 Å². The molecule has 0 saturated carbocycles. The SMILES string of the molecule is CCCN1CCN(C(C)CC(=O)O)CC1. The highest BCUT2D eigenvalue weighted by Crippen LogP contribution is 2.09. The van der Waals surface area contributed by atoms with Gasteiger partial charge in [-0.05, 0) is 19.9 Å². The van der Waals surface area contributed by atoms with Gasteiger partial charge in [-0.15, -0.1) is 0 Å². The Morgan fingerprint density at radius 2 is 1.93 bits per heavy atom. The van der Waals surface area contributed by atoms with Crippen molar-refractivity contribution in [2.24, 2.45) is 0 Å². The summed E-state index contributed by atoms with van der Waals surface area (Å²) in [5.74, 6) is -0.696. The Morgan fingerprint density at radius 3 is 2.40 bits per heavy atom. The summed E-state index contributed by atoms with van der Waals surface area (Å²) in [4.78, 5) is 15.3. The molecule has 0 radical (unpaired) electrons. The van der Waals surface area contributed by atoms with Crippen LogP contribution in [0.4, 0.5) is 0 Å². The maximum absolute atomic E-state index is 10.6. The molecule has 1 fully saturated rings. The second kappa shape index (κ2) is 6.08. The van der Waals surface area contributed by atoms with E-state index >= 15 is 0 Å². The maximum atomic E-state index is 10.6. The van der Waals surface area contributed by atoms with E-state index in [1.54, 1.807) is 0 Å². The predicted octanol–water partition coefficient (Wildman–Crippen LogP) is 0.877. The zero-order chi connectivity index (χ0) is 11.3. The Balaban J connectivity index is 2.27. The average Bonchev–Trinajstić information content (AvgIpc) is 2.18. The van der Waals surface area contributed by atoms with Gasteiger partial charge in [-0.25, -0.2) is 0 Å². The minimum Gasteiger partial charge on any atom is -0.481 e. The first-order chi connectivity index (χ1) is 7.13. The smallest absolute Gasteiger partial charge is 0.304 e. The van der Waals surface area contributed by atoms with Crippen LogP contribution in [0.1, 0.15) is 26.7 Å². The van der Waals surface area contributed by atoms with Gasteiger partial charge in [0.15, 0.2) is 0 Å². The van der Waals surface area contributed by atoms with Crippen molar-refractivity contribution in [3.05, 3.63) is 0 Å². The van der Waals surface area contributed by atoms with Gasteiger partial charge in [0.05, 0.1) is 6.42 Å². The fourth-order valence-electron chi connectivity index (χ4n) is 2.13. The molecular weight excluding hydrogens is 192 g/mol. The molecule has 1 aliphatic rings. The molecule has 1 rings (SSSR count). The molecule has 1 atom stereocenters. The summed E-state index contributed by atoms with van der Waals surface area (Å²) >= 11 is 0. The zero-order valence-corrected chi connectivity index (χ0v) is 9.78. The van der Waals surface area contributed by atoms with Crippen LogP contribution in [0, 0.1) is 0 Å². The molecule has 1 aliphatic heterocycles. The van der Waals surface area contributed by atoms with Gasteiger partial charge in [-0.2, -0.15) is 0 Å². The Labute approximate surface area is 91.9 Å². The molecule has 1 saturated heterocycles. The third-order valence-corrected chi connectivity index (χ3v) is 3.04. The quantitative estimate of drug-likeness (QED) is 0.738. The lowest BCUT2D eigenvalue weighted by Gasteiger charge is -2.37. The highest BCUT2D eigenvalue weighted by atomic mass is 16.4. The van der Waals surface area contributed by atoms with E-state index in [0.29, 0.717) is 0 Å². The van der Waals surface area contributed by atoms with Gasteiger partial charge in [0, 0.05) is 32.2 Å². The molecule has 0 amide bonds. The highest BCUT2D eigenvalue weighted by molar-refractivity contribution is 5.67. The molecule has 4 nitrogen and oxygen atoms in total. The van der Waals surface area contributed by atoms with Gasteiger partial charge in [-0.1, -0.05) is 6.92 Å². The predicted molar refractivity (Wildman–Crippen MR) is 60.0 cm³/mol. The van der Waals surface area contributed by atoms with Crippen LogP contribution >= 0.6 is 0 Å². The van der Waals surface area contributed by atoms with E-state index in [0.717, 1.165) is 26.2 Å². The molecule has 0 spiro atoms. The summed E-state index contributed by atoms with van der Waals surface area (Å²) in [5, 5.41) is 8.71. The van der Waals surface area contributed by atoms with E-state index in [4.69, 9.17) is 5.11 Å². The molecule has 0 aromatic heterocycles. The van der Waals surface area contributed by atoms with Gasteiger partial charge >= 0.3 is 5.97 Å². The van der Waals surface area contributed by atoms with E-state index in [1.807, 2.05) is 6.92 Å². The molecule has 15 heavy (non-hydrogen) atoms. The Kier molecular flexibility index (Phi) is 5.05. The molecule has 1 N–H and O–H groups in total. The number of carboxylic acid groups (broad SMARTS) is 1. The summed E-state index contributed by atoms with van der Waals surface area (Å²) in [5.41, 5.74) is 0. The summed E-state index contributed by atoms with van der Waals surface area (Å²) in [6.45, 7) is 9.54. The standard InChI is InChI=1S/C11H22N2O2/c1-3-4-12-5-7-13(8-6-12)10(2)9-11(14)15/h10H,3-9H2,1-2H3,(H,14,15). The second-order valence-corrected chi connectivity index (χ2v) is 4.32. The maximum Gasteiger partial charge on any atom is 0.304 e. The van der Waals surface area contributed by atoms with Crippen molar-refractivity contribution in [1.29, 1.82) is 0 Å². The van der Waals surface area contributed by atoms with Crippen LogP contribution < -0.4 is 0 Å². The van der Waals surface area contributed by atoms with E-state index < -0.39 is 5.97 Å². The van der Waals surface area contributed by atoms with Crippen molar-refractivity contribution in [2.75, 3.05) is 32.7 Å². The molecule has 0 aromatic rings. The van der Waals surface area contributed by atoms with Crippen molar-refractivity contribution in [2.45, 2.75) is 32.7 Å². The summed E-state index contributed by atoms with van der Waals surface area (Å²) in [6.07, 6.45) is 1.46. The first-order valence-corrected chi connectivity index (χ1v) is 5.81.